The summed E-state index contributed by atoms with van der Waals surface area (Å²) in [6.45, 7) is 2.63. The minimum atomic E-state index is -3.72. The number of hydrogen-bond acceptors (Lipinski definition) is 5. The SMILES string of the molecule is CCc1ccc(S(=O)(=O)Nc2ccc3c(c2)CN(S(=O)(=O)c2cccs2)CC3)cc1. The predicted octanol–water partition coefficient (Wildman–Crippen LogP) is 3.86. The molecule has 2 heterocycles. The Hall–Kier alpha value is -2.20. The minimum absolute atomic E-state index is 0.194. The van der Waals surface area contributed by atoms with E-state index in [2.05, 4.69) is 4.72 Å². The molecule has 1 aromatic heterocycles. The number of aryl methyl sites for hydroxylation is 1. The highest BCUT2D eigenvalue weighted by Crippen LogP contribution is 2.29. The summed E-state index contributed by atoms with van der Waals surface area (Å²) < 4.78 is 55.5. The fraction of sp³-hybridized carbons (Fsp3) is 0.238. The van der Waals surface area contributed by atoms with Crippen molar-refractivity contribution in [3.05, 3.63) is 76.7 Å². The van der Waals surface area contributed by atoms with Crippen molar-refractivity contribution < 1.29 is 16.8 Å². The third-order valence-electron chi connectivity index (χ3n) is 5.17. The van der Waals surface area contributed by atoms with Gasteiger partial charge in [0.2, 0.25) is 0 Å². The monoisotopic (exact) mass is 462 g/mol. The zero-order chi connectivity index (χ0) is 21.4. The van der Waals surface area contributed by atoms with Gasteiger partial charge in [-0.15, -0.1) is 11.3 Å². The molecule has 9 heteroatoms. The predicted molar refractivity (Wildman–Crippen MR) is 119 cm³/mol. The summed E-state index contributed by atoms with van der Waals surface area (Å²) >= 11 is 1.19. The molecular formula is C21H22N2O4S3. The highest BCUT2D eigenvalue weighted by atomic mass is 32.2. The van der Waals surface area contributed by atoms with Crippen LogP contribution in [-0.2, 0) is 39.4 Å². The summed E-state index contributed by atoms with van der Waals surface area (Å²) in [5.41, 5.74) is 3.32. The first-order chi connectivity index (χ1) is 14.3. The summed E-state index contributed by atoms with van der Waals surface area (Å²) in [5.74, 6) is 0. The molecule has 0 radical (unpaired) electrons. The maximum atomic E-state index is 12.8. The molecule has 1 N–H and O–H groups in total. The number of benzene rings is 2. The summed E-state index contributed by atoms with van der Waals surface area (Å²) in [5, 5.41) is 1.74. The van der Waals surface area contributed by atoms with Crippen molar-refractivity contribution >= 4 is 37.1 Å². The first kappa shape index (κ1) is 21.0. The highest BCUT2D eigenvalue weighted by Gasteiger charge is 2.29. The van der Waals surface area contributed by atoms with Crippen molar-refractivity contribution in [2.75, 3.05) is 11.3 Å². The molecule has 0 fully saturated rings. The second-order valence-corrected chi connectivity index (χ2v) is 11.9. The molecule has 4 rings (SSSR count). The molecule has 3 aromatic rings. The van der Waals surface area contributed by atoms with Crippen molar-refractivity contribution in [2.24, 2.45) is 0 Å². The average Bonchev–Trinajstić information content (AvgIpc) is 3.29. The van der Waals surface area contributed by atoms with Gasteiger partial charge in [0, 0.05) is 18.8 Å². The lowest BCUT2D eigenvalue weighted by Crippen LogP contribution is -2.35. The lowest BCUT2D eigenvalue weighted by Gasteiger charge is -2.28. The van der Waals surface area contributed by atoms with Crippen molar-refractivity contribution in [3.8, 4) is 0 Å². The second-order valence-electron chi connectivity index (χ2n) is 7.11. The second kappa shape index (κ2) is 8.14. The summed E-state index contributed by atoms with van der Waals surface area (Å²) in [6.07, 6.45) is 1.43. The van der Waals surface area contributed by atoms with Gasteiger partial charge in [0.1, 0.15) is 4.21 Å². The molecule has 0 bridgehead atoms. The third-order valence-corrected chi connectivity index (χ3v) is 9.78. The van der Waals surface area contributed by atoms with Crippen LogP contribution in [0.15, 0.2) is 69.1 Å². The number of rotatable bonds is 6. The van der Waals surface area contributed by atoms with E-state index in [1.165, 1.54) is 15.6 Å². The molecule has 0 unspecified atom stereocenters. The molecule has 2 aromatic carbocycles. The number of hydrogen-bond donors (Lipinski definition) is 1. The number of thiophene rings is 1. The van der Waals surface area contributed by atoms with Crippen LogP contribution in [0.4, 0.5) is 5.69 Å². The number of nitrogens with one attached hydrogen (secondary N) is 1. The van der Waals surface area contributed by atoms with Crippen molar-refractivity contribution in [3.63, 3.8) is 0 Å². The Morgan fingerprint density at radius 2 is 1.77 bits per heavy atom. The van der Waals surface area contributed by atoms with Gasteiger partial charge in [0.15, 0.2) is 0 Å². The van der Waals surface area contributed by atoms with Crippen LogP contribution in [-0.4, -0.2) is 27.7 Å². The van der Waals surface area contributed by atoms with Crippen molar-refractivity contribution in [1.29, 1.82) is 0 Å². The molecule has 0 saturated heterocycles. The van der Waals surface area contributed by atoms with Crippen LogP contribution in [0.5, 0.6) is 0 Å². The maximum Gasteiger partial charge on any atom is 0.261 e. The summed E-state index contributed by atoms with van der Waals surface area (Å²) in [6, 6.07) is 15.4. The van der Waals surface area contributed by atoms with E-state index < -0.39 is 20.0 Å². The number of anilines is 1. The van der Waals surface area contributed by atoms with E-state index in [1.54, 1.807) is 53.9 Å². The van der Waals surface area contributed by atoms with Crippen LogP contribution in [0.3, 0.4) is 0 Å². The largest absolute Gasteiger partial charge is 0.280 e. The standard InChI is InChI=1S/C21H22N2O4S3/c1-2-16-5-9-20(10-6-16)29(24,25)22-19-8-7-17-11-12-23(15-18(17)14-19)30(26,27)21-4-3-13-28-21/h3-10,13-14,22H,2,11-12,15H2,1H3. The molecule has 30 heavy (non-hydrogen) atoms. The van der Waals surface area contributed by atoms with E-state index >= 15 is 0 Å². The smallest absolute Gasteiger partial charge is 0.261 e. The average molecular weight is 463 g/mol. The first-order valence-electron chi connectivity index (χ1n) is 9.57. The van der Waals surface area contributed by atoms with Gasteiger partial charge in [-0.2, -0.15) is 4.31 Å². The van der Waals surface area contributed by atoms with Crippen molar-refractivity contribution in [2.45, 2.75) is 35.4 Å². The minimum Gasteiger partial charge on any atom is -0.280 e. The van der Waals surface area contributed by atoms with Gasteiger partial charge in [-0.25, -0.2) is 16.8 Å². The lowest BCUT2D eigenvalue weighted by atomic mass is 10.0. The molecule has 0 amide bonds. The van der Waals surface area contributed by atoms with Gasteiger partial charge in [-0.3, -0.25) is 4.72 Å². The number of sulfonamides is 2. The molecule has 1 aliphatic rings. The molecule has 6 nitrogen and oxygen atoms in total. The molecular weight excluding hydrogens is 440 g/mol. The van der Waals surface area contributed by atoms with Gasteiger partial charge < -0.3 is 0 Å². The summed E-state index contributed by atoms with van der Waals surface area (Å²) in [7, 11) is -7.27. The highest BCUT2D eigenvalue weighted by molar-refractivity contribution is 7.92. The van der Waals surface area contributed by atoms with E-state index in [4.69, 9.17) is 0 Å². The van der Waals surface area contributed by atoms with Crippen molar-refractivity contribution in [1.82, 2.24) is 4.31 Å². The van der Waals surface area contributed by atoms with E-state index in [0.717, 1.165) is 23.1 Å². The maximum absolute atomic E-state index is 12.8. The van der Waals surface area contributed by atoms with Gasteiger partial charge >= 0.3 is 0 Å². The first-order valence-corrected chi connectivity index (χ1v) is 13.4. The van der Waals surface area contributed by atoms with Crippen LogP contribution in [0.25, 0.3) is 0 Å². The molecule has 0 saturated carbocycles. The molecule has 158 valence electrons. The van der Waals surface area contributed by atoms with Gasteiger partial charge in [0.05, 0.1) is 4.90 Å². The molecule has 1 aliphatic heterocycles. The number of nitrogens with zero attached hydrogens (tertiary/aromatic N) is 1. The zero-order valence-electron chi connectivity index (χ0n) is 16.4. The van der Waals surface area contributed by atoms with Crippen LogP contribution < -0.4 is 4.72 Å². The van der Waals surface area contributed by atoms with Gasteiger partial charge in [0.25, 0.3) is 20.0 Å². The molecule has 0 spiro atoms. The Bertz CT molecular complexity index is 1250. The van der Waals surface area contributed by atoms with Crippen LogP contribution in [0, 0.1) is 0 Å². The fourth-order valence-corrected chi connectivity index (χ4v) is 7.07. The Kier molecular flexibility index (Phi) is 5.71. The number of fused-ring (bicyclic) bond motifs is 1. The molecule has 0 aliphatic carbocycles. The Labute approximate surface area is 181 Å². The third kappa shape index (κ3) is 4.15. The molecule has 0 atom stereocenters. The van der Waals surface area contributed by atoms with E-state index in [1.807, 2.05) is 13.0 Å². The van der Waals surface area contributed by atoms with Gasteiger partial charge in [-0.05, 0) is 65.2 Å². The van der Waals surface area contributed by atoms with Gasteiger partial charge in [-0.1, -0.05) is 31.2 Å². The Balaban J connectivity index is 1.57. The topological polar surface area (TPSA) is 83.6 Å². The quantitative estimate of drug-likeness (QED) is 0.603. The lowest BCUT2D eigenvalue weighted by molar-refractivity contribution is 0.392. The van der Waals surface area contributed by atoms with Crippen LogP contribution >= 0.6 is 11.3 Å². The van der Waals surface area contributed by atoms with Crippen LogP contribution in [0.1, 0.15) is 23.6 Å². The zero-order valence-corrected chi connectivity index (χ0v) is 18.9. The van der Waals surface area contributed by atoms with E-state index in [0.29, 0.717) is 22.9 Å². The normalized spacial score (nSPS) is 15.0. The Morgan fingerprint density at radius 3 is 2.43 bits per heavy atom. The van der Waals surface area contributed by atoms with E-state index in [9.17, 15) is 16.8 Å². The van der Waals surface area contributed by atoms with Crippen LogP contribution in [0.2, 0.25) is 0 Å². The van der Waals surface area contributed by atoms with E-state index in [-0.39, 0.29) is 11.4 Å². The fourth-order valence-electron chi connectivity index (χ4n) is 3.46. The Morgan fingerprint density at radius 1 is 1.00 bits per heavy atom. The summed E-state index contributed by atoms with van der Waals surface area (Å²) in [4.78, 5) is 0.194.